The van der Waals surface area contributed by atoms with Gasteiger partial charge in [-0.2, -0.15) is 0 Å². The quantitative estimate of drug-likeness (QED) is 0.641. The summed E-state index contributed by atoms with van der Waals surface area (Å²) in [6, 6.07) is 0.362. The zero-order chi connectivity index (χ0) is 19.1. The monoisotopic (exact) mass is 374 g/mol. The maximum absolute atomic E-state index is 12.8. The molecule has 8 heteroatoms. The fourth-order valence-corrected chi connectivity index (χ4v) is 3.78. The maximum atomic E-state index is 12.8. The minimum Gasteiger partial charge on any atom is -0.379 e. The van der Waals surface area contributed by atoms with Crippen LogP contribution in [-0.2, 0) is 22.6 Å². The summed E-state index contributed by atoms with van der Waals surface area (Å²) < 4.78 is 7.20. The molecule has 1 fully saturated rings. The first-order valence-corrected chi connectivity index (χ1v) is 9.83. The second-order valence-electron chi connectivity index (χ2n) is 7.19. The number of aryl methyl sites for hydroxylation is 1. The van der Waals surface area contributed by atoms with Crippen molar-refractivity contribution in [3.05, 3.63) is 30.6 Å². The third kappa shape index (κ3) is 5.23. The minimum absolute atomic E-state index is 0.140. The summed E-state index contributed by atoms with van der Waals surface area (Å²) in [5.74, 6) is 1.05. The predicted octanol–water partition coefficient (Wildman–Crippen LogP) is 1.41. The lowest BCUT2D eigenvalue weighted by Gasteiger charge is -2.37. The van der Waals surface area contributed by atoms with E-state index in [2.05, 4.69) is 46.1 Å². The summed E-state index contributed by atoms with van der Waals surface area (Å²) in [6.07, 6.45) is 9.14. The lowest BCUT2D eigenvalue weighted by atomic mass is 9.99. The third-order valence-electron chi connectivity index (χ3n) is 5.22. The van der Waals surface area contributed by atoms with Gasteiger partial charge in [-0.3, -0.25) is 9.69 Å². The van der Waals surface area contributed by atoms with Crippen LogP contribution in [0, 0.1) is 0 Å². The Balaban J connectivity index is 1.50. The van der Waals surface area contributed by atoms with Gasteiger partial charge in [0.05, 0.1) is 19.8 Å². The lowest BCUT2D eigenvalue weighted by molar-refractivity contribution is -0.135. The van der Waals surface area contributed by atoms with E-state index in [9.17, 15) is 4.79 Å². The summed E-state index contributed by atoms with van der Waals surface area (Å²) in [5, 5.41) is 12.1. The Labute approximate surface area is 160 Å². The van der Waals surface area contributed by atoms with Crippen LogP contribution in [0.4, 0.5) is 0 Å². The molecule has 1 aromatic rings. The summed E-state index contributed by atoms with van der Waals surface area (Å²) in [6.45, 7) is 10.6. The fourth-order valence-electron chi connectivity index (χ4n) is 3.78. The molecule has 0 spiro atoms. The number of rotatable bonds is 8. The second-order valence-corrected chi connectivity index (χ2v) is 7.19. The van der Waals surface area contributed by atoms with Crippen LogP contribution in [0.15, 0.2) is 24.8 Å². The molecule has 2 aliphatic rings. The molecular weight excluding hydrogens is 344 g/mol. The van der Waals surface area contributed by atoms with Gasteiger partial charge in [0.15, 0.2) is 5.82 Å². The molecule has 2 aliphatic heterocycles. The van der Waals surface area contributed by atoms with Gasteiger partial charge >= 0.3 is 0 Å². The van der Waals surface area contributed by atoms with Crippen LogP contribution in [0.1, 0.15) is 38.4 Å². The Morgan fingerprint density at radius 1 is 1.41 bits per heavy atom. The molecule has 2 atom stereocenters. The highest BCUT2D eigenvalue weighted by molar-refractivity contribution is 5.77. The summed E-state index contributed by atoms with van der Waals surface area (Å²) in [4.78, 5) is 17.1. The average Bonchev–Trinajstić information content (AvgIpc) is 3.10. The first kappa shape index (κ1) is 19.7. The topological polar surface area (TPSA) is 76.4 Å². The lowest BCUT2D eigenvalue weighted by Crippen LogP contribution is -2.46. The molecule has 27 heavy (non-hydrogen) atoms. The maximum Gasteiger partial charge on any atom is 0.223 e. The number of nitrogens with zero attached hydrogens (tertiary/aromatic N) is 6. The van der Waals surface area contributed by atoms with Crippen molar-refractivity contribution in [1.29, 1.82) is 0 Å². The van der Waals surface area contributed by atoms with E-state index in [1.54, 1.807) is 0 Å². The van der Waals surface area contributed by atoms with Gasteiger partial charge in [-0.05, 0) is 36.6 Å². The van der Waals surface area contributed by atoms with Gasteiger partial charge in [0.2, 0.25) is 5.91 Å². The van der Waals surface area contributed by atoms with E-state index in [-0.39, 0.29) is 18.0 Å². The van der Waals surface area contributed by atoms with Gasteiger partial charge in [0.1, 0.15) is 0 Å². The van der Waals surface area contributed by atoms with Gasteiger partial charge in [0.25, 0.3) is 0 Å². The highest BCUT2D eigenvalue weighted by Crippen LogP contribution is 2.21. The van der Waals surface area contributed by atoms with Crippen molar-refractivity contribution in [1.82, 2.24) is 30.0 Å². The zero-order valence-corrected chi connectivity index (χ0v) is 16.2. The van der Waals surface area contributed by atoms with Crippen molar-refractivity contribution < 1.29 is 9.53 Å². The van der Waals surface area contributed by atoms with E-state index in [0.29, 0.717) is 13.0 Å². The molecule has 0 saturated carbocycles. The van der Waals surface area contributed by atoms with Crippen molar-refractivity contribution >= 4 is 5.91 Å². The molecule has 1 amide bonds. The van der Waals surface area contributed by atoms with E-state index in [0.717, 1.165) is 57.9 Å². The number of carbonyl (C=O) groups is 1. The summed E-state index contributed by atoms with van der Waals surface area (Å²) in [7, 11) is 0. The standard InChI is InChI=1S/C19H30N6O2/c1-3-6-17-8-4-7-16(2)25(17)19(26)9-5-10-24-18(20-21-22-24)15-23-11-13-27-14-12-23/h3-4,7,16-17H,1,5-6,8-15H2,2H3/t16-,17-/m1/s1. The molecule has 0 N–H and O–H groups in total. The number of amides is 1. The predicted molar refractivity (Wildman–Crippen MR) is 102 cm³/mol. The van der Waals surface area contributed by atoms with Crippen LogP contribution in [0.2, 0.25) is 0 Å². The first-order chi connectivity index (χ1) is 13.2. The molecular formula is C19H30N6O2. The Morgan fingerprint density at radius 3 is 3.00 bits per heavy atom. The molecule has 148 valence electrons. The zero-order valence-electron chi connectivity index (χ0n) is 16.2. The molecule has 8 nitrogen and oxygen atoms in total. The molecule has 0 aromatic carbocycles. The van der Waals surface area contributed by atoms with E-state index in [4.69, 9.17) is 4.74 Å². The third-order valence-corrected chi connectivity index (χ3v) is 5.22. The molecule has 0 radical (unpaired) electrons. The van der Waals surface area contributed by atoms with Gasteiger partial charge in [-0.1, -0.05) is 18.2 Å². The van der Waals surface area contributed by atoms with E-state index < -0.39 is 0 Å². The number of hydrogen-bond donors (Lipinski definition) is 0. The smallest absolute Gasteiger partial charge is 0.223 e. The molecule has 0 unspecified atom stereocenters. The largest absolute Gasteiger partial charge is 0.379 e. The summed E-state index contributed by atoms with van der Waals surface area (Å²) in [5.41, 5.74) is 0. The second kappa shape index (κ2) is 9.75. The van der Waals surface area contributed by atoms with Crippen molar-refractivity contribution in [2.24, 2.45) is 0 Å². The molecule has 0 bridgehead atoms. The van der Waals surface area contributed by atoms with Gasteiger partial charge in [0, 0.05) is 38.1 Å². The number of carbonyl (C=O) groups excluding carboxylic acids is 1. The van der Waals surface area contributed by atoms with Crippen LogP contribution in [-0.4, -0.2) is 74.3 Å². The Morgan fingerprint density at radius 2 is 2.22 bits per heavy atom. The number of hydrogen-bond acceptors (Lipinski definition) is 6. The van der Waals surface area contributed by atoms with Crippen LogP contribution >= 0.6 is 0 Å². The van der Waals surface area contributed by atoms with E-state index >= 15 is 0 Å². The van der Waals surface area contributed by atoms with Crippen LogP contribution in [0.3, 0.4) is 0 Å². The number of morpholine rings is 1. The van der Waals surface area contributed by atoms with Gasteiger partial charge in [-0.25, -0.2) is 4.68 Å². The highest BCUT2D eigenvalue weighted by Gasteiger charge is 2.27. The van der Waals surface area contributed by atoms with Crippen LogP contribution < -0.4 is 0 Å². The van der Waals surface area contributed by atoms with Gasteiger partial charge < -0.3 is 9.64 Å². The molecule has 1 saturated heterocycles. The molecule has 3 rings (SSSR count). The van der Waals surface area contributed by atoms with Crippen molar-refractivity contribution in [3.63, 3.8) is 0 Å². The fraction of sp³-hybridized carbons (Fsp3) is 0.684. The van der Waals surface area contributed by atoms with Crippen LogP contribution in [0.25, 0.3) is 0 Å². The van der Waals surface area contributed by atoms with Crippen molar-refractivity contribution in [2.45, 2.75) is 57.8 Å². The van der Waals surface area contributed by atoms with E-state index in [1.807, 2.05) is 15.7 Å². The van der Waals surface area contributed by atoms with Crippen molar-refractivity contribution in [3.8, 4) is 0 Å². The normalized spacial score (nSPS) is 23.5. The van der Waals surface area contributed by atoms with Crippen LogP contribution in [0.5, 0.6) is 0 Å². The average molecular weight is 374 g/mol. The Kier molecular flexibility index (Phi) is 7.11. The number of aromatic nitrogens is 4. The SMILES string of the molecule is C=CC[C@@H]1CC=C[C@@H](C)N1C(=O)CCCn1nnnc1CN1CCOCC1. The van der Waals surface area contributed by atoms with Gasteiger partial charge in [-0.15, -0.1) is 11.7 Å². The molecule has 1 aromatic heterocycles. The first-order valence-electron chi connectivity index (χ1n) is 9.83. The Hall–Kier alpha value is -2.06. The molecule has 0 aliphatic carbocycles. The Bertz CT molecular complexity index is 652. The minimum atomic E-state index is 0.140. The summed E-state index contributed by atoms with van der Waals surface area (Å²) >= 11 is 0. The highest BCUT2D eigenvalue weighted by atomic mass is 16.5. The van der Waals surface area contributed by atoms with Crippen molar-refractivity contribution in [2.75, 3.05) is 26.3 Å². The number of ether oxygens (including phenoxy) is 1. The molecule has 3 heterocycles. The van der Waals surface area contributed by atoms with E-state index in [1.165, 1.54) is 0 Å². The number of tetrazole rings is 1.